The van der Waals surface area contributed by atoms with Gasteiger partial charge in [0.05, 0.1) is 11.5 Å². The highest BCUT2D eigenvalue weighted by Gasteiger charge is 2.35. The zero-order valence-electron chi connectivity index (χ0n) is 10.2. The molecule has 2 N–H and O–H groups in total. The Morgan fingerprint density at radius 2 is 2.30 bits per heavy atom. The van der Waals surface area contributed by atoms with Gasteiger partial charge in [0, 0.05) is 6.04 Å². The largest absolute Gasteiger partial charge is 0.480 e. The van der Waals surface area contributed by atoms with E-state index in [2.05, 4.69) is 15.5 Å². The Kier molecular flexibility index (Phi) is 4.18. The van der Waals surface area contributed by atoms with Crippen LogP contribution in [-0.4, -0.2) is 64.7 Å². The van der Waals surface area contributed by atoms with Gasteiger partial charge >= 0.3 is 12.0 Å². The molecule has 2 amide bonds. The maximum absolute atomic E-state index is 12.0. The predicted octanol–water partition coefficient (Wildman–Crippen LogP) is -0.356. The Balaban J connectivity index is 2.11. The first-order valence-electron chi connectivity index (χ1n) is 5.63. The molecule has 1 unspecified atom stereocenters. The second kappa shape index (κ2) is 5.71. The minimum atomic E-state index is -3.21. The first-order valence-corrected chi connectivity index (χ1v) is 8.33. The number of sulfone groups is 1. The third kappa shape index (κ3) is 3.63. The zero-order valence-corrected chi connectivity index (χ0v) is 11.9. The number of carbonyl (C=O) groups is 2. The lowest BCUT2D eigenvalue weighted by Crippen LogP contribution is -2.46. The van der Waals surface area contributed by atoms with Gasteiger partial charge in [-0.2, -0.15) is 0 Å². The number of carbonyl (C=O) groups excluding carboxylic acids is 1. The number of urea groups is 1. The molecule has 0 aromatic carbocycles. The summed E-state index contributed by atoms with van der Waals surface area (Å²) in [6, 6.07) is -1.32. The number of nitrogens with zero attached hydrogens (tertiary/aromatic N) is 3. The van der Waals surface area contributed by atoms with Gasteiger partial charge in [0.1, 0.15) is 12.1 Å². The summed E-state index contributed by atoms with van der Waals surface area (Å²) in [5, 5.41) is 18.6. The van der Waals surface area contributed by atoms with Crippen LogP contribution in [0.3, 0.4) is 0 Å². The van der Waals surface area contributed by atoms with E-state index in [-0.39, 0.29) is 23.1 Å². The Morgan fingerprint density at radius 1 is 1.55 bits per heavy atom. The summed E-state index contributed by atoms with van der Waals surface area (Å²) in [4.78, 5) is 23.9. The van der Waals surface area contributed by atoms with Crippen LogP contribution in [0.5, 0.6) is 0 Å². The van der Waals surface area contributed by atoms with E-state index in [1.165, 1.54) is 5.51 Å². The van der Waals surface area contributed by atoms with Gasteiger partial charge in [0.2, 0.25) is 5.13 Å². The summed E-state index contributed by atoms with van der Waals surface area (Å²) in [5.41, 5.74) is 1.41. The summed E-state index contributed by atoms with van der Waals surface area (Å²) >= 11 is 1.08. The Morgan fingerprint density at radius 3 is 2.80 bits per heavy atom. The molecule has 0 spiro atoms. The van der Waals surface area contributed by atoms with E-state index in [1.807, 2.05) is 0 Å². The fourth-order valence-electron chi connectivity index (χ4n) is 1.92. The minimum Gasteiger partial charge on any atom is -0.480 e. The lowest BCUT2D eigenvalue weighted by atomic mass is 10.2. The number of anilines is 1. The molecular formula is C9H12N4O5S2. The third-order valence-electron chi connectivity index (χ3n) is 2.79. The van der Waals surface area contributed by atoms with Crippen molar-refractivity contribution in [3.63, 3.8) is 0 Å². The van der Waals surface area contributed by atoms with Crippen LogP contribution in [0.4, 0.5) is 9.93 Å². The van der Waals surface area contributed by atoms with Crippen molar-refractivity contribution >= 4 is 38.3 Å². The fourth-order valence-corrected chi connectivity index (χ4v) is 4.09. The smallest absolute Gasteiger partial charge is 0.324 e. The quantitative estimate of drug-likeness (QED) is 0.775. The van der Waals surface area contributed by atoms with Gasteiger partial charge in [-0.05, 0) is 6.42 Å². The molecule has 110 valence electrons. The number of carboxylic acids is 1. The number of hydrogen-bond acceptors (Lipinski definition) is 7. The van der Waals surface area contributed by atoms with Crippen molar-refractivity contribution in [3.8, 4) is 0 Å². The molecule has 9 nitrogen and oxygen atoms in total. The fraction of sp³-hybridized carbons (Fsp3) is 0.556. The summed E-state index contributed by atoms with van der Waals surface area (Å²) in [6.45, 7) is -0.565. The van der Waals surface area contributed by atoms with Crippen LogP contribution in [-0.2, 0) is 14.6 Å². The number of rotatable bonds is 4. The number of hydrogen-bond donors (Lipinski definition) is 2. The standard InChI is InChI=1S/C9H12N4O5S2/c14-7(15)3-13(6-1-2-20(17,18)4-6)9(16)11-8-12-10-5-19-8/h5-6H,1-4H2,(H,14,15)(H,11,12,16). The minimum absolute atomic E-state index is 0.0418. The van der Waals surface area contributed by atoms with Crippen molar-refractivity contribution < 1.29 is 23.1 Å². The third-order valence-corrected chi connectivity index (χ3v) is 5.15. The van der Waals surface area contributed by atoms with Crippen molar-refractivity contribution in [2.75, 3.05) is 23.4 Å². The SMILES string of the molecule is O=C(O)CN(C(=O)Nc1nncs1)C1CCS(=O)(=O)C1. The maximum Gasteiger partial charge on any atom is 0.324 e. The van der Waals surface area contributed by atoms with E-state index in [1.54, 1.807) is 0 Å². The molecule has 1 aromatic heterocycles. The first kappa shape index (κ1) is 14.7. The van der Waals surface area contributed by atoms with E-state index in [9.17, 15) is 18.0 Å². The highest BCUT2D eigenvalue weighted by molar-refractivity contribution is 7.91. The molecule has 11 heteroatoms. The molecule has 1 aliphatic heterocycles. The normalized spacial score (nSPS) is 20.5. The molecular weight excluding hydrogens is 308 g/mol. The van der Waals surface area contributed by atoms with Crippen LogP contribution in [0.2, 0.25) is 0 Å². The van der Waals surface area contributed by atoms with Crippen LogP contribution in [0.1, 0.15) is 6.42 Å². The average molecular weight is 320 g/mol. The Labute approximate surface area is 118 Å². The molecule has 1 saturated heterocycles. The molecule has 1 fully saturated rings. The molecule has 20 heavy (non-hydrogen) atoms. The van der Waals surface area contributed by atoms with E-state index >= 15 is 0 Å². The molecule has 2 heterocycles. The second-order valence-corrected chi connectivity index (χ2v) is 7.31. The molecule has 1 atom stereocenters. The summed E-state index contributed by atoms with van der Waals surface area (Å²) in [7, 11) is -3.21. The zero-order chi connectivity index (χ0) is 14.8. The van der Waals surface area contributed by atoms with E-state index in [4.69, 9.17) is 5.11 Å². The Hall–Kier alpha value is -1.75. The average Bonchev–Trinajstić information content (AvgIpc) is 2.95. The first-order chi connectivity index (χ1) is 9.37. The van der Waals surface area contributed by atoms with Gasteiger partial charge in [-0.1, -0.05) is 11.3 Å². The molecule has 0 aliphatic carbocycles. The summed E-state index contributed by atoms with van der Waals surface area (Å²) < 4.78 is 22.9. The molecule has 0 saturated carbocycles. The summed E-state index contributed by atoms with van der Waals surface area (Å²) in [6.07, 6.45) is 0.235. The monoisotopic (exact) mass is 320 g/mol. The van der Waals surface area contributed by atoms with Crippen molar-refractivity contribution in [2.45, 2.75) is 12.5 Å². The molecule has 0 bridgehead atoms. The topological polar surface area (TPSA) is 130 Å². The van der Waals surface area contributed by atoms with Crippen molar-refractivity contribution in [1.82, 2.24) is 15.1 Å². The van der Waals surface area contributed by atoms with Gasteiger partial charge in [-0.15, -0.1) is 10.2 Å². The number of nitrogens with one attached hydrogen (secondary N) is 1. The van der Waals surface area contributed by atoms with Gasteiger partial charge in [-0.25, -0.2) is 13.2 Å². The molecule has 0 radical (unpaired) electrons. The highest BCUT2D eigenvalue weighted by Crippen LogP contribution is 2.19. The lowest BCUT2D eigenvalue weighted by Gasteiger charge is -2.26. The van der Waals surface area contributed by atoms with Gasteiger partial charge in [0.15, 0.2) is 9.84 Å². The van der Waals surface area contributed by atoms with Gasteiger partial charge < -0.3 is 10.0 Å². The van der Waals surface area contributed by atoms with Crippen molar-refractivity contribution in [3.05, 3.63) is 5.51 Å². The molecule has 1 aromatic rings. The van der Waals surface area contributed by atoms with Gasteiger partial charge in [0.25, 0.3) is 0 Å². The van der Waals surface area contributed by atoms with Crippen LogP contribution in [0.25, 0.3) is 0 Å². The van der Waals surface area contributed by atoms with E-state index in [0.29, 0.717) is 0 Å². The molecule has 2 rings (SSSR count). The Bertz CT molecular complexity index is 600. The van der Waals surface area contributed by atoms with Crippen molar-refractivity contribution in [1.29, 1.82) is 0 Å². The van der Waals surface area contributed by atoms with Crippen LogP contribution in [0, 0.1) is 0 Å². The number of aliphatic carboxylic acids is 1. The second-order valence-electron chi connectivity index (χ2n) is 4.25. The predicted molar refractivity (Wildman–Crippen MR) is 70.3 cm³/mol. The summed E-state index contributed by atoms with van der Waals surface area (Å²) in [5.74, 6) is -1.47. The van der Waals surface area contributed by atoms with E-state index < -0.39 is 34.4 Å². The number of carboxylic acid groups (broad SMARTS) is 1. The molecule has 1 aliphatic rings. The maximum atomic E-state index is 12.0. The van der Waals surface area contributed by atoms with Crippen molar-refractivity contribution in [2.24, 2.45) is 0 Å². The van der Waals surface area contributed by atoms with E-state index in [0.717, 1.165) is 16.2 Å². The number of amides is 2. The number of aromatic nitrogens is 2. The lowest BCUT2D eigenvalue weighted by molar-refractivity contribution is -0.138. The van der Waals surface area contributed by atoms with Crippen LogP contribution in [0.15, 0.2) is 5.51 Å². The highest BCUT2D eigenvalue weighted by atomic mass is 32.2. The van der Waals surface area contributed by atoms with Gasteiger partial charge in [-0.3, -0.25) is 10.1 Å². The van der Waals surface area contributed by atoms with Crippen LogP contribution < -0.4 is 5.32 Å². The van der Waals surface area contributed by atoms with Crippen LogP contribution >= 0.6 is 11.3 Å².